The highest BCUT2D eigenvalue weighted by Crippen LogP contribution is 2.05. The molecule has 8 heteroatoms. The second-order valence-corrected chi connectivity index (χ2v) is 3.98. The number of aliphatic hydroxyl groups is 1. The van der Waals surface area contributed by atoms with Crippen LogP contribution in [0.15, 0.2) is 27.6 Å². The molecule has 1 rings (SSSR count). The van der Waals surface area contributed by atoms with Crippen molar-refractivity contribution in [2.45, 2.75) is 0 Å². The van der Waals surface area contributed by atoms with Gasteiger partial charge < -0.3 is 28.8 Å². The van der Waals surface area contributed by atoms with Gasteiger partial charge in [-0.15, -0.1) is 0 Å². The number of aliphatic hydroxyl groups excluding tert-OH is 1. The van der Waals surface area contributed by atoms with Gasteiger partial charge in [-0.2, -0.15) is 0 Å². The molecule has 8 nitrogen and oxygen atoms in total. The second kappa shape index (κ2) is 10.6. The van der Waals surface area contributed by atoms with E-state index in [0.29, 0.717) is 13.2 Å². The summed E-state index contributed by atoms with van der Waals surface area (Å²) >= 11 is 0. The normalized spacial score (nSPS) is 11.0. The number of hydrogen-bond donors (Lipinski definition) is 2. The van der Waals surface area contributed by atoms with E-state index in [-0.39, 0.29) is 32.2 Å². The number of carbonyl (C=O) groups is 1. The fourth-order valence-corrected chi connectivity index (χ4v) is 1.29. The molecule has 0 aliphatic rings. The molecule has 0 aliphatic carbocycles. The number of aromatic hydroxyl groups is 1. The minimum atomic E-state index is -0.615. The molecule has 0 aliphatic heterocycles. The number of ether oxygens (including phenoxy) is 3. The van der Waals surface area contributed by atoms with E-state index in [1.807, 2.05) is 0 Å². The summed E-state index contributed by atoms with van der Waals surface area (Å²) in [5, 5.41) is 17.5. The van der Waals surface area contributed by atoms with Crippen molar-refractivity contribution >= 4 is 12.0 Å². The maximum absolute atomic E-state index is 11.4. The van der Waals surface area contributed by atoms with Crippen LogP contribution in [0, 0.1) is 0 Å². The molecule has 0 amide bonds. The van der Waals surface area contributed by atoms with Gasteiger partial charge in [0.2, 0.25) is 5.43 Å². The van der Waals surface area contributed by atoms with Crippen LogP contribution >= 0.6 is 0 Å². The van der Waals surface area contributed by atoms with Crippen molar-refractivity contribution in [1.29, 1.82) is 0 Å². The number of hydrogen-bond acceptors (Lipinski definition) is 8. The summed E-state index contributed by atoms with van der Waals surface area (Å²) in [6, 6.07) is 1.05. The van der Waals surface area contributed by atoms with E-state index in [2.05, 4.69) is 0 Å². The second-order valence-electron chi connectivity index (χ2n) is 3.98. The summed E-state index contributed by atoms with van der Waals surface area (Å²) in [6.07, 6.45) is 3.24. The van der Waals surface area contributed by atoms with Crippen LogP contribution in [0.1, 0.15) is 5.76 Å². The Bertz CT molecular complexity index is 534. The fraction of sp³-hybridized carbons (Fsp3) is 0.429. The molecule has 1 aromatic rings. The zero-order chi connectivity index (χ0) is 16.2. The van der Waals surface area contributed by atoms with Gasteiger partial charge in [0.15, 0.2) is 5.75 Å². The molecule has 0 unspecified atom stereocenters. The lowest BCUT2D eigenvalue weighted by molar-refractivity contribution is -0.139. The lowest BCUT2D eigenvalue weighted by Crippen LogP contribution is -2.12. The molecule has 122 valence electrons. The third-order valence-electron chi connectivity index (χ3n) is 2.30. The van der Waals surface area contributed by atoms with E-state index in [4.69, 9.17) is 28.8 Å². The fourth-order valence-electron chi connectivity index (χ4n) is 1.29. The van der Waals surface area contributed by atoms with Gasteiger partial charge in [-0.25, -0.2) is 4.79 Å². The van der Waals surface area contributed by atoms with E-state index < -0.39 is 17.1 Å². The molecule has 0 aromatic carbocycles. The Kier molecular flexibility index (Phi) is 8.58. The first-order valence-corrected chi connectivity index (χ1v) is 6.56. The Morgan fingerprint density at radius 2 is 1.86 bits per heavy atom. The molecule has 22 heavy (non-hydrogen) atoms. The topological polar surface area (TPSA) is 115 Å². The lowest BCUT2D eigenvalue weighted by atomic mass is 10.3. The minimum Gasteiger partial charge on any atom is -0.502 e. The molecule has 0 atom stereocenters. The van der Waals surface area contributed by atoms with E-state index in [1.165, 1.54) is 6.08 Å². The molecule has 0 fully saturated rings. The third-order valence-corrected chi connectivity index (χ3v) is 2.30. The van der Waals surface area contributed by atoms with Crippen LogP contribution < -0.4 is 5.43 Å². The first kappa shape index (κ1) is 17.9. The van der Waals surface area contributed by atoms with Crippen LogP contribution in [0.2, 0.25) is 0 Å². The molecule has 0 saturated carbocycles. The Morgan fingerprint density at radius 3 is 2.55 bits per heavy atom. The smallest absolute Gasteiger partial charge is 0.330 e. The summed E-state index contributed by atoms with van der Waals surface area (Å²) in [7, 11) is 0. The Morgan fingerprint density at radius 1 is 1.18 bits per heavy atom. The van der Waals surface area contributed by atoms with Crippen molar-refractivity contribution in [3.63, 3.8) is 0 Å². The molecule has 1 aromatic heterocycles. The highest BCUT2D eigenvalue weighted by atomic mass is 16.6. The summed E-state index contributed by atoms with van der Waals surface area (Å²) < 4.78 is 19.8. The van der Waals surface area contributed by atoms with E-state index in [9.17, 15) is 9.59 Å². The van der Waals surface area contributed by atoms with Crippen molar-refractivity contribution in [3.05, 3.63) is 34.4 Å². The molecular weight excluding hydrogens is 296 g/mol. The predicted molar refractivity (Wildman–Crippen MR) is 75.4 cm³/mol. The van der Waals surface area contributed by atoms with Crippen molar-refractivity contribution in [3.8, 4) is 5.75 Å². The Labute approximate surface area is 126 Å². The molecule has 0 saturated heterocycles. The summed E-state index contributed by atoms with van der Waals surface area (Å²) in [5.74, 6) is -0.993. The average molecular weight is 314 g/mol. The highest BCUT2D eigenvalue weighted by Gasteiger charge is 2.01. The highest BCUT2D eigenvalue weighted by molar-refractivity contribution is 5.86. The average Bonchev–Trinajstić information content (AvgIpc) is 2.51. The van der Waals surface area contributed by atoms with Crippen LogP contribution in [0.25, 0.3) is 6.08 Å². The lowest BCUT2D eigenvalue weighted by Gasteiger charge is -2.05. The maximum Gasteiger partial charge on any atom is 0.330 e. The number of esters is 1. The zero-order valence-corrected chi connectivity index (χ0v) is 11.9. The standard InChI is InChI=1S/C14H18O8/c15-3-4-19-5-6-20-7-8-21-14(18)2-1-11-9-12(16)13(17)10-22-11/h1-2,9-10,15,17H,3-8H2/b2-1+. The molecule has 0 radical (unpaired) electrons. The Balaban J connectivity index is 2.16. The predicted octanol–water partition coefficient (Wildman–Crippen LogP) is -0.0727. The van der Waals surface area contributed by atoms with Crippen LogP contribution in [-0.4, -0.2) is 55.8 Å². The number of carbonyl (C=O) groups excluding carboxylic acids is 1. The van der Waals surface area contributed by atoms with Crippen LogP contribution in [0.5, 0.6) is 5.75 Å². The van der Waals surface area contributed by atoms with Crippen molar-refractivity contribution in [2.24, 2.45) is 0 Å². The van der Waals surface area contributed by atoms with Gasteiger partial charge >= 0.3 is 5.97 Å². The van der Waals surface area contributed by atoms with Crippen molar-refractivity contribution < 1.29 is 33.6 Å². The van der Waals surface area contributed by atoms with Crippen molar-refractivity contribution in [2.75, 3.05) is 39.6 Å². The first-order chi connectivity index (χ1) is 10.6. The molecule has 2 N–H and O–H groups in total. The van der Waals surface area contributed by atoms with E-state index >= 15 is 0 Å². The van der Waals surface area contributed by atoms with Crippen LogP contribution in [0.3, 0.4) is 0 Å². The van der Waals surface area contributed by atoms with E-state index in [0.717, 1.165) is 18.4 Å². The van der Waals surface area contributed by atoms with Gasteiger partial charge in [0, 0.05) is 12.1 Å². The maximum atomic E-state index is 11.4. The molecule has 1 heterocycles. The Hall–Kier alpha value is -2.16. The number of rotatable bonds is 10. The van der Waals surface area contributed by atoms with Gasteiger partial charge in [0.05, 0.1) is 33.0 Å². The summed E-state index contributed by atoms with van der Waals surface area (Å²) in [4.78, 5) is 22.5. The van der Waals surface area contributed by atoms with Gasteiger partial charge in [-0.05, 0) is 6.08 Å². The largest absolute Gasteiger partial charge is 0.502 e. The first-order valence-electron chi connectivity index (χ1n) is 6.56. The van der Waals surface area contributed by atoms with E-state index in [1.54, 1.807) is 0 Å². The monoisotopic (exact) mass is 314 g/mol. The van der Waals surface area contributed by atoms with Crippen molar-refractivity contribution in [1.82, 2.24) is 0 Å². The molecule has 0 spiro atoms. The molecular formula is C14H18O8. The van der Waals surface area contributed by atoms with Crippen LogP contribution in [-0.2, 0) is 19.0 Å². The summed E-state index contributed by atoms with van der Waals surface area (Å²) in [6.45, 7) is 1.21. The SMILES string of the molecule is O=C(/C=C/c1cc(=O)c(O)co1)OCCOCCOCCO. The third kappa shape index (κ3) is 7.58. The summed E-state index contributed by atoms with van der Waals surface area (Å²) in [5.41, 5.74) is -0.601. The molecule has 0 bridgehead atoms. The van der Waals surface area contributed by atoms with Gasteiger partial charge in [-0.3, -0.25) is 4.79 Å². The quantitative estimate of drug-likeness (QED) is 0.350. The minimum absolute atomic E-state index is 0.0366. The van der Waals surface area contributed by atoms with Gasteiger partial charge in [0.1, 0.15) is 18.6 Å². The van der Waals surface area contributed by atoms with Gasteiger partial charge in [0.25, 0.3) is 0 Å². The zero-order valence-electron chi connectivity index (χ0n) is 11.9. The van der Waals surface area contributed by atoms with Gasteiger partial charge in [-0.1, -0.05) is 0 Å². The van der Waals surface area contributed by atoms with Crippen LogP contribution in [0.4, 0.5) is 0 Å².